The average molecular weight is 339 g/mol. The lowest BCUT2D eigenvalue weighted by molar-refractivity contribution is -0.146. The molecule has 0 saturated heterocycles. The Kier molecular flexibility index (Phi) is 4.12. The average Bonchev–Trinajstić information content (AvgIpc) is 3.12. The summed E-state index contributed by atoms with van der Waals surface area (Å²) < 4.78 is 41.4. The van der Waals surface area contributed by atoms with Crippen LogP contribution in [0.5, 0.6) is 0 Å². The first kappa shape index (κ1) is 16.2. The van der Waals surface area contributed by atoms with E-state index in [1.54, 1.807) is 24.2 Å². The highest BCUT2D eigenvalue weighted by Crippen LogP contribution is 2.27. The highest BCUT2D eigenvalue weighted by atomic mass is 19.4. The number of hydrogen-bond donors (Lipinski definition) is 0. The van der Waals surface area contributed by atoms with Gasteiger partial charge in [0.2, 0.25) is 0 Å². The summed E-state index contributed by atoms with van der Waals surface area (Å²) in [5, 5.41) is 10.7. The molecule has 3 aromatic rings. The molecular weight excluding hydrogens is 323 g/mol. The smallest absolute Gasteiger partial charge is 0.358 e. The fourth-order valence-electron chi connectivity index (χ4n) is 2.39. The standard InChI is InChI=1S/C14H16F3N7/c1-10-18-6-9-23(10)8-3-7-22(2)12-5-4-11-19-20-13(14(15,16)17)24(11)21-12/h4-6,9H,3,7-8H2,1-2H3. The van der Waals surface area contributed by atoms with Gasteiger partial charge in [0.05, 0.1) is 0 Å². The van der Waals surface area contributed by atoms with Gasteiger partial charge in [-0.15, -0.1) is 15.3 Å². The second-order valence-electron chi connectivity index (χ2n) is 5.43. The summed E-state index contributed by atoms with van der Waals surface area (Å²) in [6, 6.07) is 3.10. The molecule has 0 radical (unpaired) electrons. The van der Waals surface area contributed by atoms with Crippen LogP contribution >= 0.6 is 0 Å². The molecule has 0 aliphatic rings. The van der Waals surface area contributed by atoms with Gasteiger partial charge in [-0.25, -0.2) is 4.98 Å². The third kappa shape index (κ3) is 3.17. The molecule has 0 fully saturated rings. The van der Waals surface area contributed by atoms with E-state index in [0.717, 1.165) is 23.3 Å². The highest BCUT2D eigenvalue weighted by Gasteiger charge is 2.37. The second kappa shape index (κ2) is 6.10. The van der Waals surface area contributed by atoms with E-state index in [-0.39, 0.29) is 5.65 Å². The molecule has 3 aromatic heterocycles. The predicted molar refractivity (Wildman–Crippen MR) is 80.6 cm³/mol. The van der Waals surface area contributed by atoms with Gasteiger partial charge >= 0.3 is 6.18 Å². The first-order valence-corrected chi connectivity index (χ1v) is 7.35. The molecule has 0 bridgehead atoms. The number of imidazole rings is 1. The van der Waals surface area contributed by atoms with Gasteiger partial charge in [-0.1, -0.05) is 0 Å². The van der Waals surface area contributed by atoms with E-state index in [4.69, 9.17) is 0 Å². The van der Waals surface area contributed by atoms with Crippen molar-refractivity contribution in [2.24, 2.45) is 0 Å². The lowest BCUT2D eigenvalue weighted by atomic mass is 10.3. The van der Waals surface area contributed by atoms with Gasteiger partial charge in [-0.2, -0.15) is 17.7 Å². The van der Waals surface area contributed by atoms with Crippen LogP contribution in [0.3, 0.4) is 0 Å². The Morgan fingerprint density at radius 3 is 2.67 bits per heavy atom. The molecule has 0 atom stereocenters. The third-order valence-electron chi connectivity index (χ3n) is 3.71. The molecular formula is C14H16F3N7. The van der Waals surface area contributed by atoms with Crippen molar-refractivity contribution in [1.29, 1.82) is 0 Å². The maximum absolute atomic E-state index is 12.9. The quantitative estimate of drug-likeness (QED) is 0.713. The molecule has 7 nitrogen and oxygen atoms in total. The van der Waals surface area contributed by atoms with Crippen molar-refractivity contribution in [2.45, 2.75) is 26.1 Å². The van der Waals surface area contributed by atoms with E-state index < -0.39 is 12.0 Å². The minimum atomic E-state index is -4.59. The predicted octanol–water partition coefficient (Wildman–Crippen LogP) is 2.17. The Bertz CT molecular complexity index is 836. The van der Waals surface area contributed by atoms with E-state index in [9.17, 15) is 13.2 Å². The first-order valence-electron chi connectivity index (χ1n) is 7.35. The Morgan fingerprint density at radius 2 is 2.00 bits per heavy atom. The molecule has 0 amide bonds. The third-order valence-corrected chi connectivity index (χ3v) is 3.71. The minimum Gasteiger partial charge on any atom is -0.358 e. The molecule has 0 spiro atoms. The van der Waals surface area contributed by atoms with Crippen molar-refractivity contribution >= 4 is 11.5 Å². The number of aromatic nitrogens is 6. The number of fused-ring (bicyclic) bond motifs is 1. The van der Waals surface area contributed by atoms with Gasteiger partial charge in [-0.3, -0.25) is 0 Å². The molecule has 10 heteroatoms. The Hall–Kier alpha value is -2.65. The van der Waals surface area contributed by atoms with E-state index in [0.29, 0.717) is 12.4 Å². The Morgan fingerprint density at radius 1 is 1.21 bits per heavy atom. The normalized spacial score (nSPS) is 12.0. The monoisotopic (exact) mass is 339 g/mol. The van der Waals surface area contributed by atoms with Crippen LogP contribution in [-0.4, -0.2) is 43.0 Å². The van der Waals surface area contributed by atoms with Gasteiger partial charge in [-0.05, 0) is 25.5 Å². The SMILES string of the molecule is Cc1nccn1CCCN(C)c1ccc2nnc(C(F)(F)F)n2n1. The summed E-state index contributed by atoms with van der Waals surface area (Å²) in [6.07, 6.45) is -0.157. The zero-order chi connectivity index (χ0) is 17.3. The topological polar surface area (TPSA) is 64.1 Å². The van der Waals surface area contributed by atoms with Gasteiger partial charge in [0.15, 0.2) is 5.65 Å². The molecule has 3 heterocycles. The van der Waals surface area contributed by atoms with Crippen LogP contribution in [0, 0.1) is 6.92 Å². The van der Waals surface area contributed by atoms with Gasteiger partial charge in [0, 0.05) is 32.5 Å². The molecule has 0 unspecified atom stereocenters. The van der Waals surface area contributed by atoms with Crippen molar-refractivity contribution in [3.05, 3.63) is 36.2 Å². The van der Waals surface area contributed by atoms with Crippen LogP contribution in [0.25, 0.3) is 5.65 Å². The summed E-state index contributed by atoms with van der Waals surface area (Å²) in [6.45, 7) is 3.34. The van der Waals surface area contributed by atoms with E-state index >= 15 is 0 Å². The maximum Gasteiger partial charge on any atom is 0.453 e. The lowest BCUT2D eigenvalue weighted by Gasteiger charge is -2.18. The number of nitrogens with zero attached hydrogens (tertiary/aromatic N) is 7. The highest BCUT2D eigenvalue weighted by molar-refractivity contribution is 5.45. The number of halogens is 3. The van der Waals surface area contributed by atoms with Crippen LogP contribution in [0.1, 0.15) is 18.1 Å². The maximum atomic E-state index is 12.9. The fourth-order valence-corrected chi connectivity index (χ4v) is 2.39. The largest absolute Gasteiger partial charge is 0.453 e. The van der Waals surface area contributed by atoms with E-state index in [1.165, 1.54) is 6.07 Å². The summed E-state index contributed by atoms with van der Waals surface area (Å²) in [7, 11) is 1.78. The summed E-state index contributed by atoms with van der Waals surface area (Å²) in [5.74, 6) is 0.230. The molecule has 128 valence electrons. The number of hydrogen-bond acceptors (Lipinski definition) is 5. The number of anilines is 1. The van der Waals surface area contributed by atoms with E-state index in [1.807, 2.05) is 17.7 Å². The first-order chi connectivity index (χ1) is 11.4. The lowest BCUT2D eigenvalue weighted by Crippen LogP contribution is -2.22. The zero-order valence-corrected chi connectivity index (χ0v) is 13.2. The van der Waals surface area contributed by atoms with Crippen molar-refractivity contribution in [2.75, 3.05) is 18.5 Å². The second-order valence-corrected chi connectivity index (χ2v) is 5.43. The molecule has 0 aliphatic carbocycles. The van der Waals surface area contributed by atoms with Crippen LogP contribution in [-0.2, 0) is 12.7 Å². The molecule has 0 aromatic carbocycles. The van der Waals surface area contributed by atoms with Crippen LogP contribution < -0.4 is 4.90 Å². The van der Waals surface area contributed by atoms with Crippen molar-refractivity contribution in [3.8, 4) is 0 Å². The zero-order valence-electron chi connectivity index (χ0n) is 13.2. The summed E-state index contributed by atoms with van der Waals surface area (Å²) >= 11 is 0. The molecule has 3 rings (SSSR count). The fraction of sp³-hybridized carbons (Fsp3) is 0.429. The van der Waals surface area contributed by atoms with Crippen molar-refractivity contribution < 1.29 is 13.2 Å². The Balaban J connectivity index is 1.72. The van der Waals surface area contributed by atoms with Crippen LogP contribution in [0.15, 0.2) is 24.5 Å². The Labute approximate surface area is 135 Å². The number of rotatable bonds is 5. The van der Waals surface area contributed by atoms with E-state index in [2.05, 4.69) is 20.3 Å². The van der Waals surface area contributed by atoms with Crippen LogP contribution in [0.2, 0.25) is 0 Å². The molecule has 24 heavy (non-hydrogen) atoms. The summed E-state index contributed by atoms with van der Waals surface area (Å²) in [5.41, 5.74) is 0.0634. The molecule has 0 N–H and O–H groups in total. The van der Waals surface area contributed by atoms with Gasteiger partial charge in [0.25, 0.3) is 5.82 Å². The number of aryl methyl sites for hydroxylation is 2. The van der Waals surface area contributed by atoms with Crippen molar-refractivity contribution in [1.82, 2.24) is 29.4 Å². The molecule has 0 saturated carbocycles. The van der Waals surface area contributed by atoms with Crippen LogP contribution in [0.4, 0.5) is 19.0 Å². The van der Waals surface area contributed by atoms with Crippen molar-refractivity contribution in [3.63, 3.8) is 0 Å². The number of alkyl halides is 3. The van der Waals surface area contributed by atoms with Gasteiger partial charge < -0.3 is 9.47 Å². The van der Waals surface area contributed by atoms with Gasteiger partial charge in [0.1, 0.15) is 11.6 Å². The minimum absolute atomic E-state index is 0.0634. The summed E-state index contributed by atoms with van der Waals surface area (Å²) in [4.78, 5) is 5.94. The molecule has 0 aliphatic heterocycles.